The van der Waals surface area contributed by atoms with E-state index in [2.05, 4.69) is 5.32 Å². The average Bonchev–Trinajstić information content (AvgIpc) is 2.70. The first-order chi connectivity index (χ1) is 14.6. The monoisotopic (exact) mass is 448 g/mol. The van der Waals surface area contributed by atoms with Gasteiger partial charge in [0.1, 0.15) is 11.8 Å². The molecule has 1 N–H and O–H groups in total. The number of amides is 1. The fraction of sp³-hybridized carbons (Fsp3) is 0.364. The molecular formula is C22H28N2O6S. The summed E-state index contributed by atoms with van der Waals surface area (Å²) in [4.78, 5) is 24.8. The lowest BCUT2D eigenvalue weighted by Crippen LogP contribution is -2.45. The van der Waals surface area contributed by atoms with Crippen molar-refractivity contribution in [2.24, 2.45) is 0 Å². The first-order valence-electron chi connectivity index (χ1n) is 9.89. The summed E-state index contributed by atoms with van der Waals surface area (Å²) in [7, 11) is -3.74. The SMILES string of the molecule is CCOC(=O)c1ccc(NC(=O)[C@H](C)N(c2ccc(OCC)cc2)S(C)(=O)=O)c(C)c1. The van der Waals surface area contributed by atoms with Crippen LogP contribution in [0, 0.1) is 6.92 Å². The highest BCUT2D eigenvalue weighted by atomic mass is 32.2. The summed E-state index contributed by atoms with van der Waals surface area (Å²) >= 11 is 0. The van der Waals surface area contributed by atoms with Crippen molar-refractivity contribution in [2.45, 2.75) is 33.7 Å². The molecule has 0 saturated carbocycles. The van der Waals surface area contributed by atoms with Crippen LogP contribution in [0.25, 0.3) is 0 Å². The van der Waals surface area contributed by atoms with Crippen LogP contribution in [0.1, 0.15) is 36.7 Å². The van der Waals surface area contributed by atoms with Gasteiger partial charge in [0, 0.05) is 5.69 Å². The van der Waals surface area contributed by atoms with Gasteiger partial charge < -0.3 is 14.8 Å². The molecule has 1 atom stereocenters. The number of rotatable bonds is 9. The molecule has 31 heavy (non-hydrogen) atoms. The van der Waals surface area contributed by atoms with E-state index < -0.39 is 27.9 Å². The molecule has 0 heterocycles. The molecule has 0 unspecified atom stereocenters. The van der Waals surface area contributed by atoms with E-state index in [9.17, 15) is 18.0 Å². The number of ether oxygens (including phenoxy) is 2. The predicted octanol–water partition coefficient (Wildman–Crippen LogP) is 3.36. The molecule has 2 aromatic rings. The summed E-state index contributed by atoms with van der Waals surface area (Å²) in [6, 6.07) is 10.2. The van der Waals surface area contributed by atoms with Gasteiger partial charge in [0.15, 0.2) is 0 Å². The Kier molecular flexibility index (Phi) is 8.04. The van der Waals surface area contributed by atoms with E-state index in [1.165, 1.54) is 6.92 Å². The van der Waals surface area contributed by atoms with Crippen molar-refractivity contribution in [1.29, 1.82) is 0 Å². The summed E-state index contributed by atoms with van der Waals surface area (Å²) in [5, 5.41) is 2.74. The summed E-state index contributed by atoms with van der Waals surface area (Å²) in [5.74, 6) is -0.351. The minimum Gasteiger partial charge on any atom is -0.494 e. The van der Waals surface area contributed by atoms with Gasteiger partial charge in [-0.1, -0.05) is 0 Å². The van der Waals surface area contributed by atoms with Crippen LogP contribution in [0.3, 0.4) is 0 Å². The zero-order valence-corrected chi connectivity index (χ0v) is 19.2. The lowest BCUT2D eigenvalue weighted by atomic mass is 10.1. The van der Waals surface area contributed by atoms with Crippen molar-refractivity contribution in [1.82, 2.24) is 0 Å². The lowest BCUT2D eigenvalue weighted by molar-refractivity contribution is -0.116. The van der Waals surface area contributed by atoms with Crippen LogP contribution < -0.4 is 14.4 Å². The first kappa shape index (κ1) is 24.2. The third-order valence-corrected chi connectivity index (χ3v) is 5.73. The number of hydrogen-bond donors (Lipinski definition) is 1. The van der Waals surface area contributed by atoms with Crippen LogP contribution >= 0.6 is 0 Å². The van der Waals surface area contributed by atoms with Crippen LogP contribution in [0.4, 0.5) is 11.4 Å². The number of sulfonamides is 1. The quantitative estimate of drug-likeness (QED) is 0.590. The molecule has 2 rings (SSSR count). The van der Waals surface area contributed by atoms with Crippen LogP contribution in [0.2, 0.25) is 0 Å². The number of esters is 1. The molecule has 168 valence electrons. The second kappa shape index (κ2) is 10.3. The zero-order valence-electron chi connectivity index (χ0n) is 18.3. The largest absolute Gasteiger partial charge is 0.494 e. The Labute approximate surface area is 183 Å². The smallest absolute Gasteiger partial charge is 0.338 e. The number of carbonyl (C=O) groups is 2. The average molecular weight is 449 g/mol. The molecule has 0 aliphatic heterocycles. The van der Waals surface area contributed by atoms with Crippen molar-refractivity contribution in [2.75, 3.05) is 29.1 Å². The van der Waals surface area contributed by atoms with Gasteiger partial charge in [-0.15, -0.1) is 0 Å². The number of aryl methyl sites for hydroxylation is 1. The molecule has 2 aromatic carbocycles. The van der Waals surface area contributed by atoms with E-state index >= 15 is 0 Å². The van der Waals surface area contributed by atoms with Gasteiger partial charge in [-0.2, -0.15) is 0 Å². The molecule has 0 aromatic heterocycles. The zero-order chi connectivity index (χ0) is 23.2. The number of hydrogen-bond acceptors (Lipinski definition) is 6. The number of nitrogens with zero attached hydrogens (tertiary/aromatic N) is 1. The number of carbonyl (C=O) groups excluding carboxylic acids is 2. The van der Waals surface area contributed by atoms with Gasteiger partial charge in [0.05, 0.1) is 30.7 Å². The first-order valence-corrected chi connectivity index (χ1v) is 11.7. The minimum absolute atomic E-state index is 0.265. The highest BCUT2D eigenvalue weighted by Crippen LogP contribution is 2.25. The van der Waals surface area contributed by atoms with Gasteiger partial charge in [-0.3, -0.25) is 9.10 Å². The molecule has 0 aliphatic carbocycles. The molecule has 9 heteroatoms. The van der Waals surface area contributed by atoms with E-state index in [1.807, 2.05) is 6.92 Å². The Morgan fingerprint density at radius 2 is 1.71 bits per heavy atom. The predicted molar refractivity (Wildman–Crippen MR) is 120 cm³/mol. The number of benzene rings is 2. The van der Waals surface area contributed by atoms with Crippen molar-refractivity contribution >= 4 is 33.3 Å². The van der Waals surface area contributed by atoms with Gasteiger partial charge in [-0.05, 0) is 75.7 Å². The molecule has 0 bridgehead atoms. The minimum atomic E-state index is -3.74. The second-order valence-electron chi connectivity index (χ2n) is 6.90. The number of anilines is 2. The summed E-state index contributed by atoms with van der Waals surface area (Å²) in [6.07, 6.45) is 1.05. The van der Waals surface area contributed by atoms with Crippen molar-refractivity contribution in [3.63, 3.8) is 0 Å². The highest BCUT2D eigenvalue weighted by molar-refractivity contribution is 7.92. The second-order valence-corrected chi connectivity index (χ2v) is 8.76. The van der Waals surface area contributed by atoms with Crippen LogP contribution in [0.15, 0.2) is 42.5 Å². The molecule has 0 saturated heterocycles. The Hall–Kier alpha value is -3.07. The maximum absolute atomic E-state index is 12.9. The van der Waals surface area contributed by atoms with E-state index in [0.717, 1.165) is 10.6 Å². The summed E-state index contributed by atoms with van der Waals surface area (Å²) in [6.45, 7) is 7.57. The molecule has 0 spiro atoms. The fourth-order valence-corrected chi connectivity index (χ4v) is 4.22. The van der Waals surface area contributed by atoms with Crippen molar-refractivity contribution < 1.29 is 27.5 Å². The van der Waals surface area contributed by atoms with Crippen LogP contribution in [-0.4, -0.2) is 45.8 Å². The van der Waals surface area contributed by atoms with Crippen molar-refractivity contribution in [3.8, 4) is 5.75 Å². The Morgan fingerprint density at radius 3 is 2.23 bits per heavy atom. The standard InChI is InChI=1S/C22H28N2O6S/c1-6-29-19-11-9-18(10-12-19)24(31(5,27)28)16(4)21(25)23-20-13-8-17(14-15(20)3)22(26)30-7-2/h8-14,16H,6-7H2,1-5H3,(H,23,25)/t16-/m0/s1. The highest BCUT2D eigenvalue weighted by Gasteiger charge is 2.29. The molecule has 0 fully saturated rings. The van der Waals surface area contributed by atoms with Crippen molar-refractivity contribution in [3.05, 3.63) is 53.6 Å². The van der Waals surface area contributed by atoms with E-state index in [4.69, 9.17) is 9.47 Å². The lowest BCUT2D eigenvalue weighted by Gasteiger charge is -2.28. The molecule has 0 radical (unpaired) electrons. The van der Waals surface area contributed by atoms with Gasteiger partial charge in [0.2, 0.25) is 15.9 Å². The van der Waals surface area contributed by atoms with Crippen LogP contribution in [0.5, 0.6) is 5.75 Å². The number of nitrogens with one attached hydrogen (secondary N) is 1. The van der Waals surface area contributed by atoms with E-state index in [1.54, 1.807) is 56.3 Å². The maximum atomic E-state index is 12.9. The molecular weight excluding hydrogens is 420 g/mol. The fourth-order valence-electron chi connectivity index (χ4n) is 3.05. The van der Waals surface area contributed by atoms with Gasteiger partial charge >= 0.3 is 5.97 Å². The molecule has 8 nitrogen and oxygen atoms in total. The Morgan fingerprint density at radius 1 is 1.06 bits per heavy atom. The van der Waals surface area contributed by atoms with E-state index in [-0.39, 0.29) is 6.61 Å². The third kappa shape index (κ3) is 6.21. The summed E-state index contributed by atoms with van der Waals surface area (Å²) < 4.78 is 36.3. The molecule has 1 amide bonds. The normalized spacial score (nSPS) is 12.0. The van der Waals surface area contributed by atoms with E-state index in [0.29, 0.717) is 34.9 Å². The maximum Gasteiger partial charge on any atom is 0.338 e. The third-order valence-electron chi connectivity index (χ3n) is 4.49. The molecule has 0 aliphatic rings. The Balaban J connectivity index is 2.25. The Bertz CT molecular complexity index is 1030. The topological polar surface area (TPSA) is 102 Å². The van der Waals surface area contributed by atoms with Gasteiger partial charge in [-0.25, -0.2) is 13.2 Å². The van der Waals surface area contributed by atoms with Gasteiger partial charge in [0.25, 0.3) is 0 Å². The summed E-state index contributed by atoms with van der Waals surface area (Å²) in [5.41, 5.74) is 1.85. The van der Waals surface area contributed by atoms with Crippen LogP contribution in [-0.2, 0) is 19.6 Å².